The second-order valence-corrected chi connectivity index (χ2v) is 6.04. The summed E-state index contributed by atoms with van der Waals surface area (Å²) in [5.41, 5.74) is 6.03. The summed E-state index contributed by atoms with van der Waals surface area (Å²) in [4.78, 5) is 13.6. The molecule has 0 bridgehead atoms. The number of hydrogen-bond acceptors (Lipinski definition) is 3. The third-order valence-corrected chi connectivity index (χ3v) is 4.23. The number of hydrogen-bond donors (Lipinski definition) is 2. The monoisotopic (exact) mass is 331 g/mol. The van der Waals surface area contributed by atoms with Crippen molar-refractivity contribution in [3.63, 3.8) is 0 Å². The average Bonchev–Trinajstić information content (AvgIpc) is 2.90. The molecule has 1 atom stereocenters. The number of likely N-dealkylation sites (tertiary alicyclic amines) is 1. The van der Waals surface area contributed by atoms with Crippen LogP contribution < -0.4 is 11.1 Å². The van der Waals surface area contributed by atoms with E-state index in [-0.39, 0.29) is 11.9 Å². The first-order valence-corrected chi connectivity index (χ1v) is 7.68. The number of thiocarbonyl (C=S) groups is 1. The molecular formula is C13H15F2N3OS2. The first-order chi connectivity index (χ1) is 9.97. The number of halogens is 2. The lowest BCUT2D eigenvalue weighted by Gasteiger charge is -2.25. The molecule has 1 saturated heterocycles. The standard InChI is InChI=1S/C13H15F2N3OS2/c14-12(15)21-9-5-3-8(4-6-9)17-13(20)18-7-1-2-10(18)11(16)19/h3-6,10,12H,1-2,7H2,(H2,16,19)(H,17,20)/t10-/m1/s1. The van der Waals surface area contributed by atoms with Crippen molar-refractivity contribution in [3.05, 3.63) is 24.3 Å². The molecule has 1 fully saturated rings. The highest BCUT2D eigenvalue weighted by Crippen LogP contribution is 2.26. The van der Waals surface area contributed by atoms with E-state index in [0.717, 1.165) is 6.42 Å². The van der Waals surface area contributed by atoms with Crippen molar-refractivity contribution < 1.29 is 13.6 Å². The Labute approximate surface area is 131 Å². The minimum Gasteiger partial charge on any atom is -0.368 e. The second-order valence-electron chi connectivity index (χ2n) is 4.59. The molecule has 1 aliphatic rings. The Morgan fingerprint density at radius 3 is 2.67 bits per heavy atom. The van der Waals surface area contributed by atoms with Gasteiger partial charge >= 0.3 is 0 Å². The van der Waals surface area contributed by atoms with Gasteiger partial charge in [-0.15, -0.1) is 0 Å². The highest BCUT2D eigenvalue weighted by atomic mass is 32.2. The first kappa shape index (κ1) is 16.0. The Morgan fingerprint density at radius 1 is 1.43 bits per heavy atom. The summed E-state index contributed by atoms with van der Waals surface area (Å²) < 4.78 is 24.5. The van der Waals surface area contributed by atoms with E-state index in [9.17, 15) is 13.6 Å². The Morgan fingerprint density at radius 2 is 2.10 bits per heavy atom. The quantitative estimate of drug-likeness (QED) is 0.656. The van der Waals surface area contributed by atoms with Gasteiger partial charge < -0.3 is 16.0 Å². The van der Waals surface area contributed by atoms with Crippen molar-refractivity contribution in [2.24, 2.45) is 5.73 Å². The number of thioether (sulfide) groups is 1. The number of nitrogens with two attached hydrogens (primary N) is 1. The van der Waals surface area contributed by atoms with Crippen LogP contribution in [-0.4, -0.2) is 34.3 Å². The number of carbonyl (C=O) groups excluding carboxylic acids is 1. The van der Waals surface area contributed by atoms with Crippen LogP contribution in [0.5, 0.6) is 0 Å². The van der Waals surface area contributed by atoms with Crippen molar-refractivity contribution in [2.75, 3.05) is 11.9 Å². The molecule has 1 aromatic rings. The van der Waals surface area contributed by atoms with Crippen LogP contribution in [0.3, 0.4) is 0 Å². The number of nitrogens with zero attached hydrogens (tertiary/aromatic N) is 1. The van der Waals surface area contributed by atoms with Crippen LogP contribution in [0.15, 0.2) is 29.2 Å². The molecule has 1 aliphatic heterocycles. The predicted octanol–water partition coefficient (Wildman–Crippen LogP) is 2.65. The van der Waals surface area contributed by atoms with Gasteiger partial charge in [0.1, 0.15) is 6.04 Å². The van der Waals surface area contributed by atoms with Gasteiger partial charge in [0.15, 0.2) is 5.11 Å². The molecule has 2 rings (SSSR count). The van der Waals surface area contributed by atoms with E-state index in [0.29, 0.717) is 40.4 Å². The van der Waals surface area contributed by atoms with Gasteiger partial charge in [0, 0.05) is 17.1 Å². The minimum atomic E-state index is -2.44. The Hall–Kier alpha value is -1.41. The van der Waals surface area contributed by atoms with E-state index in [4.69, 9.17) is 18.0 Å². The van der Waals surface area contributed by atoms with Gasteiger partial charge in [-0.25, -0.2) is 0 Å². The number of alkyl halides is 2. The number of carbonyl (C=O) groups is 1. The van der Waals surface area contributed by atoms with E-state index in [2.05, 4.69) is 5.32 Å². The van der Waals surface area contributed by atoms with Crippen molar-refractivity contribution >= 4 is 40.7 Å². The van der Waals surface area contributed by atoms with E-state index in [1.807, 2.05) is 0 Å². The lowest BCUT2D eigenvalue weighted by Crippen LogP contribution is -2.45. The number of nitrogens with one attached hydrogen (secondary N) is 1. The number of amides is 1. The second kappa shape index (κ2) is 7.04. The van der Waals surface area contributed by atoms with E-state index in [1.54, 1.807) is 29.2 Å². The van der Waals surface area contributed by atoms with Crippen LogP contribution in [0.25, 0.3) is 0 Å². The SMILES string of the molecule is NC(=O)[C@H]1CCCN1C(=S)Nc1ccc(SC(F)F)cc1. The maximum Gasteiger partial charge on any atom is 0.288 e. The summed E-state index contributed by atoms with van der Waals surface area (Å²) in [6.45, 7) is 0.679. The molecule has 0 aliphatic carbocycles. The topological polar surface area (TPSA) is 58.4 Å². The molecule has 0 spiro atoms. The number of primary amides is 1. The highest BCUT2D eigenvalue weighted by Gasteiger charge is 2.30. The summed E-state index contributed by atoms with van der Waals surface area (Å²) in [5, 5.41) is 3.42. The zero-order chi connectivity index (χ0) is 15.4. The van der Waals surface area contributed by atoms with E-state index >= 15 is 0 Å². The smallest absolute Gasteiger partial charge is 0.288 e. The van der Waals surface area contributed by atoms with Crippen LogP contribution in [-0.2, 0) is 4.79 Å². The van der Waals surface area contributed by atoms with Crippen LogP contribution in [0.4, 0.5) is 14.5 Å². The van der Waals surface area contributed by atoms with Crippen molar-refractivity contribution in [1.29, 1.82) is 0 Å². The highest BCUT2D eigenvalue weighted by molar-refractivity contribution is 7.99. The summed E-state index contributed by atoms with van der Waals surface area (Å²) in [7, 11) is 0. The third kappa shape index (κ3) is 4.28. The molecule has 1 heterocycles. The summed E-state index contributed by atoms with van der Waals surface area (Å²) in [6.07, 6.45) is 1.56. The lowest BCUT2D eigenvalue weighted by molar-refractivity contribution is -0.121. The Bertz CT molecular complexity index is 525. The molecule has 21 heavy (non-hydrogen) atoms. The van der Waals surface area contributed by atoms with Crippen molar-refractivity contribution in [1.82, 2.24) is 4.90 Å². The molecule has 4 nitrogen and oxygen atoms in total. The van der Waals surface area contributed by atoms with Crippen molar-refractivity contribution in [3.8, 4) is 0 Å². The fourth-order valence-electron chi connectivity index (χ4n) is 2.22. The normalized spacial score (nSPS) is 18.0. The van der Waals surface area contributed by atoms with Gasteiger partial charge in [-0.2, -0.15) is 8.78 Å². The van der Waals surface area contributed by atoms with Gasteiger partial charge in [-0.1, -0.05) is 11.8 Å². The first-order valence-electron chi connectivity index (χ1n) is 6.39. The van der Waals surface area contributed by atoms with Crippen LogP contribution in [0.2, 0.25) is 0 Å². The van der Waals surface area contributed by atoms with Gasteiger partial charge in [0.25, 0.3) is 5.76 Å². The van der Waals surface area contributed by atoms with E-state index < -0.39 is 5.76 Å². The number of anilines is 1. The fraction of sp³-hybridized carbons (Fsp3) is 0.385. The maximum atomic E-state index is 12.2. The fourth-order valence-corrected chi connectivity index (χ4v) is 3.06. The van der Waals surface area contributed by atoms with Crippen LogP contribution >= 0.6 is 24.0 Å². The molecule has 0 saturated carbocycles. The third-order valence-electron chi connectivity index (χ3n) is 3.17. The van der Waals surface area contributed by atoms with Crippen LogP contribution in [0, 0.1) is 0 Å². The molecule has 1 aromatic carbocycles. The molecule has 1 amide bonds. The Kier molecular flexibility index (Phi) is 5.35. The summed E-state index contributed by atoms with van der Waals surface area (Å²) >= 11 is 5.77. The maximum absolute atomic E-state index is 12.2. The lowest BCUT2D eigenvalue weighted by atomic mass is 10.2. The molecule has 3 N–H and O–H groups in total. The molecular weight excluding hydrogens is 316 g/mol. The molecule has 8 heteroatoms. The zero-order valence-corrected chi connectivity index (χ0v) is 12.7. The Balaban J connectivity index is 1.97. The average molecular weight is 331 g/mol. The van der Waals surface area contributed by atoms with Gasteiger partial charge in [0.2, 0.25) is 5.91 Å². The number of rotatable bonds is 4. The minimum absolute atomic E-state index is 0.376. The van der Waals surface area contributed by atoms with Gasteiger partial charge in [-0.3, -0.25) is 4.79 Å². The zero-order valence-electron chi connectivity index (χ0n) is 11.1. The molecule has 114 valence electrons. The van der Waals surface area contributed by atoms with E-state index in [1.165, 1.54) is 0 Å². The predicted molar refractivity (Wildman–Crippen MR) is 83.4 cm³/mol. The summed E-state index contributed by atoms with van der Waals surface area (Å²) in [5.74, 6) is -2.83. The molecule has 0 radical (unpaired) electrons. The summed E-state index contributed by atoms with van der Waals surface area (Å²) in [6, 6.07) is 6.16. The van der Waals surface area contributed by atoms with Gasteiger partial charge in [-0.05, 0) is 49.3 Å². The van der Waals surface area contributed by atoms with Gasteiger partial charge in [0.05, 0.1) is 0 Å². The van der Waals surface area contributed by atoms with Crippen LogP contribution in [0.1, 0.15) is 12.8 Å². The van der Waals surface area contributed by atoms with Crippen molar-refractivity contribution in [2.45, 2.75) is 29.5 Å². The largest absolute Gasteiger partial charge is 0.368 e. The number of benzene rings is 1. The molecule has 0 unspecified atom stereocenters. The molecule has 0 aromatic heterocycles.